The lowest BCUT2D eigenvalue weighted by atomic mass is 10.2. The third-order valence-corrected chi connectivity index (χ3v) is 3.20. The molecule has 70 valence electrons. The van der Waals surface area contributed by atoms with Crippen LogP contribution in [0.4, 0.5) is 0 Å². The van der Waals surface area contributed by atoms with Crippen molar-refractivity contribution in [2.75, 3.05) is 0 Å². The first-order valence-corrected chi connectivity index (χ1v) is 5.23. The summed E-state index contributed by atoms with van der Waals surface area (Å²) in [6, 6.07) is 10.3. The van der Waals surface area contributed by atoms with Gasteiger partial charge in [-0.3, -0.25) is 0 Å². The van der Waals surface area contributed by atoms with Crippen molar-refractivity contribution in [2.24, 2.45) is 0 Å². The van der Waals surface area contributed by atoms with Crippen molar-refractivity contribution < 1.29 is 5.11 Å². The highest BCUT2D eigenvalue weighted by atomic mass is 32.1. The maximum Gasteiger partial charge on any atom is 0.119 e. The van der Waals surface area contributed by atoms with Crippen molar-refractivity contribution in [1.82, 2.24) is 0 Å². The van der Waals surface area contributed by atoms with E-state index < -0.39 is 6.10 Å². The molecule has 1 N–H and O–H groups in total. The molecule has 0 aliphatic carbocycles. The summed E-state index contributed by atoms with van der Waals surface area (Å²) in [5.74, 6) is 2.32. The predicted octanol–water partition coefficient (Wildman–Crippen LogP) is 2.44. The van der Waals surface area contributed by atoms with Gasteiger partial charge in [-0.2, -0.15) is 0 Å². The molecule has 0 saturated carbocycles. The Bertz CT molecular complexity index is 445. The van der Waals surface area contributed by atoms with E-state index in [-0.39, 0.29) is 0 Å². The first-order chi connectivity index (χ1) is 6.79. The number of hydrogen-bond acceptors (Lipinski definition) is 2. The zero-order valence-corrected chi connectivity index (χ0v) is 8.42. The summed E-state index contributed by atoms with van der Waals surface area (Å²) in [7, 11) is 0. The zero-order chi connectivity index (χ0) is 9.97. The Morgan fingerprint density at radius 2 is 2.21 bits per heavy atom. The minimum Gasteiger partial charge on any atom is -0.380 e. The Hall–Kier alpha value is -1.30. The number of rotatable bonds is 2. The van der Waals surface area contributed by atoms with E-state index in [0.717, 1.165) is 4.88 Å². The third kappa shape index (κ3) is 1.79. The first-order valence-electron chi connectivity index (χ1n) is 4.41. The largest absolute Gasteiger partial charge is 0.380 e. The normalized spacial score (nSPS) is 12.6. The number of terminal acetylenes is 1. The summed E-state index contributed by atoms with van der Waals surface area (Å²) in [5.41, 5.74) is 0. The second-order valence-electron chi connectivity index (χ2n) is 3.14. The minimum atomic E-state index is -0.664. The van der Waals surface area contributed by atoms with E-state index in [4.69, 9.17) is 6.42 Å². The maximum absolute atomic E-state index is 9.31. The predicted molar refractivity (Wildman–Crippen MR) is 60.4 cm³/mol. The molecule has 0 radical (unpaired) electrons. The Balaban J connectivity index is 2.32. The van der Waals surface area contributed by atoms with E-state index in [1.54, 1.807) is 11.3 Å². The molecule has 14 heavy (non-hydrogen) atoms. The molecule has 0 saturated heterocycles. The molecule has 2 rings (SSSR count). The highest BCUT2D eigenvalue weighted by Gasteiger charge is 2.05. The van der Waals surface area contributed by atoms with Crippen LogP contribution in [0.2, 0.25) is 0 Å². The van der Waals surface area contributed by atoms with Gasteiger partial charge in [0.05, 0.1) is 0 Å². The molecule has 1 atom stereocenters. The van der Waals surface area contributed by atoms with Gasteiger partial charge in [0.1, 0.15) is 6.10 Å². The van der Waals surface area contributed by atoms with Gasteiger partial charge in [-0.05, 0) is 17.5 Å². The lowest BCUT2D eigenvalue weighted by Gasteiger charge is -1.97. The second-order valence-corrected chi connectivity index (χ2v) is 4.31. The van der Waals surface area contributed by atoms with Crippen molar-refractivity contribution in [2.45, 2.75) is 12.5 Å². The maximum atomic E-state index is 9.31. The zero-order valence-electron chi connectivity index (χ0n) is 7.60. The highest BCUT2D eigenvalue weighted by Crippen LogP contribution is 2.25. The van der Waals surface area contributed by atoms with Crippen LogP contribution in [-0.4, -0.2) is 11.2 Å². The minimum absolute atomic E-state index is 0.551. The van der Waals surface area contributed by atoms with Crippen molar-refractivity contribution in [3.8, 4) is 12.3 Å². The molecular weight excluding hydrogens is 192 g/mol. The molecule has 0 unspecified atom stereocenters. The Labute approximate surface area is 87.0 Å². The average molecular weight is 202 g/mol. The number of aliphatic hydroxyl groups is 1. The molecule has 1 heterocycles. The molecule has 2 heteroatoms. The van der Waals surface area contributed by atoms with Crippen LogP contribution in [0.5, 0.6) is 0 Å². The number of aliphatic hydroxyl groups excluding tert-OH is 1. The molecular formula is C12H10OS. The number of benzene rings is 1. The fraction of sp³-hybridized carbons (Fsp3) is 0.167. The summed E-state index contributed by atoms with van der Waals surface area (Å²) in [6.07, 6.45) is 5.01. The molecule has 0 aliphatic rings. The molecule has 0 amide bonds. The monoisotopic (exact) mass is 202 g/mol. The molecule has 1 nitrogen and oxygen atoms in total. The van der Waals surface area contributed by atoms with Gasteiger partial charge in [0, 0.05) is 16.0 Å². The SMILES string of the molecule is C#C[C@@H](O)Cc1cc2ccccc2s1. The van der Waals surface area contributed by atoms with E-state index in [0.29, 0.717) is 6.42 Å². The molecule has 2 aromatic rings. The van der Waals surface area contributed by atoms with Gasteiger partial charge in [0.15, 0.2) is 0 Å². The summed E-state index contributed by atoms with van der Waals surface area (Å²) >= 11 is 1.69. The van der Waals surface area contributed by atoms with Gasteiger partial charge in [0.2, 0.25) is 0 Å². The van der Waals surface area contributed by atoms with E-state index >= 15 is 0 Å². The van der Waals surface area contributed by atoms with Gasteiger partial charge in [0.25, 0.3) is 0 Å². The van der Waals surface area contributed by atoms with Crippen LogP contribution in [0, 0.1) is 12.3 Å². The van der Waals surface area contributed by atoms with Crippen LogP contribution in [0.25, 0.3) is 10.1 Å². The van der Waals surface area contributed by atoms with Crippen LogP contribution >= 0.6 is 11.3 Å². The second kappa shape index (κ2) is 3.83. The molecule has 0 bridgehead atoms. The van der Waals surface area contributed by atoms with Crippen molar-refractivity contribution in [1.29, 1.82) is 0 Å². The molecule has 0 fully saturated rings. The van der Waals surface area contributed by atoms with Gasteiger partial charge in [-0.1, -0.05) is 24.1 Å². The standard InChI is InChI=1S/C12H10OS/c1-2-10(13)8-11-7-9-5-3-4-6-12(9)14-11/h1,3-7,10,13H,8H2/t10-/m1/s1. The Morgan fingerprint density at radius 1 is 1.43 bits per heavy atom. The van der Waals surface area contributed by atoms with Crippen LogP contribution in [0.1, 0.15) is 4.88 Å². The van der Waals surface area contributed by atoms with Crippen molar-refractivity contribution in [3.63, 3.8) is 0 Å². The quantitative estimate of drug-likeness (QED) is 0.742. The number of fused-ring (bicyclic) bond motifs is 1. The van der Waals surface area contributed by atoms with Crippen molar-refractivity contribution >= 4 is 21.4 Å². The lowest BCUT2D eigenvalue weighted by Crippen LogP contribution is -2.04. The Morgan fingerprint density at radius 3 is 2.93 bits per heavy atom. The van der Waals surface area contributed by atoms with Gasteiger partial charge < -0.3 is 5.11 Å². The van der Waals surface area contributed by atoms with Crippen LogP contribution < -0.4 is 0 Å². The number of hydrogen-bond donors (Lipinski definition) is 1. The number of thiophene rings is 1. The highest BCUT2D eigenvalue weighted by molar-refractivity contribution is 7.19. The van der Waals surface area contributed by atoms with E-state index in [1.807, 2.05) is 12.1 Å². The average Bonchev–Trinajstić information content (AvgIpc) is 2.59. The smallest absolute Gasteiger partial charge is 0.119 e. The fourth-order valence-corrected chi connectivity index (χ4v) is 2.49. The summed E-state index contributed by atoms with van der Waals surface area (Å²) in [5, 5.41) is 10.5. The van der Waals surface area contributed by atoms with Crippen LogP contribution in [-0.2, 0) is 6.42 Å². The molecule has 1 aromatic heterocycles. The van der Waals surface area contributed by atoms with Crippen LogP contribution in [0.3, 0.4) is 0 Å². The van der Waals surface area contributed by atoms with Gasteiger partial charge in [-0.15, -0.1) is 17.8 Å². The van der Waals surface area contributed by atoms with Crippen molar-refractivity contribution in [3.05, 3.63) is 35.2 Å². The van der Waals surface area contributed by atoms with Gasteiger partial charge in [-0.25, -0.2) is 0 Å². The molecule has 0 aliphatic heterocycles. The topological polar surface area (TPSA) is 20.2 Å². The molecule has 1 aromatic carbocycles. The van der Waals surface area contributed by atoms with Gasteiger partial charge >= 0.3 is 0 Å². The first kappa shape index (κ1) is 9.26. The summed E-state index contributed by atoms with van der Waals surface area (Å²) < 4.78 is 1.24. The van der Waals surface area contributed by atoms with E-state index in [2.05, 4.69) is 24.1 Å². The summed E-state index contributed by atoms with van der Waals surface area (Å²) in [4.78, 5) is 1.14. The van der Waals surface area contributed by atoms with E-state index in [9.17, 15) is 5.11 Å². The van der Waals surface area contributed by atoms with E-state index in [1.165, 1.54) is 10.1 Å². The lowest BCUT2D eigenvalue weighted by molar-refractivity contribution is 0.234. The fourth-order valence-electron chi connectivity index (χ4n) is 1.39. The summed E-state index contributed by atoms with van der Waals surface area (Å²) in [6.45, 7) is 0. The molecule has 0 spiro atoms. The Kier molecular flexibility index (Phi) is 2.53. The van der Waals surface area contributed by atoms with Crippen LogP contribution in [0.15, 0.2) is 30.3 Å². The third-order valence-electron chi connectivity index (χ3n) is 2.06.